The fourth-order valence-corrected chi connectivity index (χ4v) is 1.53. The van der Waals surface area contributed by atoms with Crippen molar-refractivity contribution in [1.29, 1.82) is 0 Å². The van der Waals surface area contributed by atoms with Crippen molar-refractivity contribution >= 4 is 11.8 Å². The van der Waals surface area contributed by atoms with Crippen molar-refractivity contribution in [3.05, 3.63) is 0 Å². The fraction of sp³-hybridized carbons (Fsp3) is 0.600. The molecule has 0 aromatic heterocycles. The second-order valence-electron chi connectivity index (χ2n) is 3.30. The minimum absolute atomic E-state index is 0.0556. The van der Waals surface area contributed by atoms with E-state index in [0.717, 1.165) is 6.42 Å². The summed E-state index contributed by atoms with van der Waals surface area (Å²) in [5.41, 5.74) is 0. The Labute approximate surface area is 83.9 Å². The number of terminal acetylenes is 1. The summed E-state index contributed by atoms with van der Waals surface area (Å²) in [6.45, 7) is 4.03. The van der Waals surface area contributed by atoms with Gasteiger partial charge in [0.1, 0.15) is 0 Å². The van der Waals surface area contributed by atoms with Crippen molar-refractivity contribution in [2.45, 2.75) is 13.3 Å². The molecule has 0 atom stereocenters. The first-order valence-corrected chi connectivity index (χ1v) is 4.66. The standard InChI is InChI=1S/C10H14N2O2/c1-3-10(14)12-6-4-5-11(7-8-12)9(2)13/h1H,4-8H2,2H3. The van der Waals surface area contributed by atoms with Gasteiger partial charge in [0, 0.05) is 33.1 Å². The predicted molar refractivity (Wildman–Crippen MR) is 52.3 cm³/mol. The molecule has 1 aliphatic heterocycles. The van der Waals surface area contributed by atoms with E-state index in [1.165, 1.54) is 0 Å². The van der Waals surface area contributed by atoms with Crippen LogP contribution in [-0.4, -0.2) is 47.8 Å². The van der Waals surface area contributed by atoms with Crippen LogP contribution in [0.5, 0.6) is 0 Å². The van der Waals surface area contributed by atoms with Crippen LogP contribution in [0.1, 0.15) is 13.3 Å². The molecule has 1 aliphatic rings. The van der Waals surface area contributed by atoms with Crippen LogP contribution in [0.3, 0.4) is 0 Å². The maximum Gasteiger partial charge on any atom is 0.298 e. The Morgan fingerprint density at radius 2 is 1.71 bits per heavy atom. The first-order chi connectivity index (χ1) is 6.65. The minimum Gasteiger partial charge on any atom is -0.341 e. The molecular weight excluding hydrogens is 180 g/mol. The van der Waals surface area contributed by atoms with Crippen LogP contribution in [0.15, 0.2) is 0 Å². The molecule has 0 spiro atoms. The van der Waals surface area contributed by atoms with Gasteiger partial charge >= 0.3 is 0 Å². The van der Waals surface area contributed by atoms with Crippen LogP contribution in [-0.2, 0) is 9.59 Å². The molecule has 1 heterocycles. The molecule has 4 heteroatoms. The molecule has 0 aromatic rings. The first kappa shape index (κ1) is 10.6. The number of carbonyl (C=O) groups is 2. The second-order valence-corrected chi connectivity index (χ2v) is 3.30. The summed E-state index contributed by atoms with van der Waals surface area (Å²) in [7, 11) is 0. The van der Waals surface area contributed by atoms with Gasteiger partial charge in [0.2, 0.25) is 5.91 Å². The van der Waals surface area contributed by atoms with Crippen molar-refractivity contribution in [1.82, 2.24) is 9.80 Å². The zero-order chi connectivity index (χ0) is 10.6. The monoisotopic (exact) mass is 194 g/mol. The largest absolute Gasteiger partial charge is 0.341 e. The molecule has 0 unspecified atom stereocenters. The summed E-state index contributed by atoms with van der Waals surface area (Å²) in [6.07, 6.45) is 5.83. The smallest absolute Gasteiger partial charge is 0.298 e. The number of amides is 2. The lowest BCUT2D eigenvalue weighted by Crippen LogP contribution is -2.35. The quantitative estimate of drug-likeness (QED) is 0.497. The Bertz CT molecular complexity index is 280. The molecule has 0 aromatic carbocycles. The summed E-state index contributed by atoms with van der Waals surface area (Å²) in [5, 5.41) is 0. The van der Waals surface area contributed by atoms with Crippen molar-refractivity contribution in [2.24, 2.45) is 0 Å². The van der Waals surface area contributed by atoms with Gasteiger partial charge in [-0.3, -0.25) is 9.59 Å². The summed E-state index contributed by atoms with van der Waals surface area (Å²) in [6, 6.07) is 0. The van der Waals surface area contributed by atoms with Gasteiger partial charge in [-0.2, -0.15) is 0 Å². The zero-order valence-corrected chi connectivity index (χ0v) is 8.32. The number of carbonyl (C=O) groups excluding carboxylic acids is 2. The number of hydrogen-bond acceptors (Lipinski definition) is 2. The summed E-state index contributed by atoms with van der Waals surface area (Å²) < 4.78 is 0. The topological polar surface area (TPSA) is 40.6 Å². The molecule has 0 N–H and O–H groups in total. The van der Waals surface area contributed by atoms with Crippen molar-refractivity contribution in [3.8, 4) is 12.3 Å². The van der Waals surface area contributed by atoms with E-state index in [2.05, 4.69) is 5.92 Å². The third-order valence-electron chi connectivity index (χ3n) is 2.35. The maximum atomic E-state index is 11.2. The van der Waals surface area contributed by atoms with Crippen molar-refractivity contribution < 1.29 is 9.59 Å². The predicted octanol–water partition coefficient (Wildman–Crippen LogP) is -0.300. The second kappa shape index (κ2) is 4.66. The van der Waals surface area contributed by atoms with E-state index in [1.807, 2.05) is 0 Å². The molecule has 1 saturated heterocycles. The molecule has 14 heavy (non-hydrogen) atoms. The summed E-state index contributed by atoms with van der Waals surface area (Å²) >= 11 is 0. The number of nitrogens with zero attached hydrogens (tertiary/aromatic N) is 2. The van der Waals surface area contributed by atoms with Gasteiger partial charge in [-0.15, -0.1) is 6.42 Å². The normalized spacial score (nSPS) is 17.1. The van der Waals surface area contributed by atoms with Crippen LogP contribution in [0, 0.1) is 12.3 Å². The first-order valence-electron chi connectivity index (χ1n) is 4.66. The van der Waals surface area contributed by atoms with E-state index in [4.69, 9.17) is 6.42 Å². The Morgan fingerprint density at radius 1 is 1.14 bits per heavy atom. The third-order valence-corrected chi connectivity index (χ3v) is 2.35. The molecular formula is C10H14N2O2. The Kier molecular flexibility index (Phi) is 3.52. The Morgan fingerprint density at radius 3 is 2.29 bits per heavy atom. The number of hydrogen-bond donors (Lipinski definition) is 0. The lowest BCUT2D eigenvalue weighted by atomic mass is 10.4. The van der Waals surface area contributed by atoms with Gasteiger partial charge in [0.25, 0.3) is 5.91 Å². The molecule has 1 rings (SSSR count). The molecule has 0 radical (unpaired) electrons. The van der Waals surface area contributed by atoms with Crippen LogP contribution in [0.4, 0.5) is 0 Å². The van der Waals surface area contributed by atoms with E-state index in [0.29, 0.717) is 26.2 Å². The molecule has 1 fully saturated rings. The minimum atomic E-state index is -0.282. The van der Waals surface area contributed by atoms with E-state index in [9.17, 15) is 9.59 Å². The highest BCUT2D eigenvalue weighted by Crippen LogP contribution is 2.03. The maximum absolute atomic E-state index is 11.2. The van der Waals surface area contributed by atoms with Crippen LogP contribution >= 0.6 is 0 Å². The van der Waals surface area contributed by atoms with Crippen molar-refractivity contribution in [3.63, 3.8) is 0 Å². The van der Waals surface area contributed by atoms with E-state index < -0.39 is 0 Å². The molecule has 76 valence electrons. The zero-order valence-electron chi connectivity index (χ0n) is 8.32. The van der Waals surface area contributed by atoms with Crippen LogP contribution < -0.4 is 0 Å². The summed E-state index contributed by atoms with van der Waals surface area (Å²) in [4.78, 5) is 25.6. The number of rotatable bonds is 0. The van der Waals surface area contributed by atoms with E-state index in [-0.39, 0.29) is 11.8 Å². The molecule has 0 bridgehead atoms. The highest BCUT2D eigenvalue weighted by molar-refractivity contribution is 5.92. The van der Waals surface area contributed by atoms with E-state index >= 15 is 0 Å². The SMILES string of the molecule is C#CC(=O)N1CCCN(C(C)=O)CC1. The van der Waals surface area contributed by atoms with Gasteiger partial charge in [-0.1, -0.05) is 0 Å². The van der Waals surface area contributed by atoms with Crippen molar-refractivity contribution in [2.75, 3.05) is 26.2 Å². The molecule has 2 amide bonds. The lowest BCUT2D eigenvalue weighted by Gasteiger charge is -2.19. The van der Waals surface area contributed by atoms with Gasteiger partial charge in [-0.05, 0) is 12.3 Å². The highest BCUT2D eigenvalue weighted by Gasteiger charge is 2.18. The van der Waals surface area contributed by atoms with Crippen LogP contribution in [0.25, 0.3) is 0 Å². The Hall–Kier alpha value is -1.50. The fourth-order valence-electron chi connectivity index (χ4n) is 1.53. The highest BCUT2D eigenvalue weighted by atomic mass is 16.2. The Balaban J connectivity index is 2.53. The van der Waals surface area contributed by atoms with Gasteiger partial charge in [-0.25, -0.2) is 0 Å². The van der Waals surface area contributed by atoms with Gasteiger partial charge in [0.15, 0.2) is 0 Å². The average molecular weight is 194 g/mol. The van der Waals surface area contributed by atoms with E-state index in [1.54, 1.807) is 16.7 Å². The average Bonchev–Trinajstić information content (AvgIpc) is 2.41. The molecule has 0 aliphatic carbocycles. The summed E-state index contributed by atoms with van der Waals surface area (Å²) in [5.74, 6) is 1.86. The lowest BCUT2D eigenvalue weighted by molar-refractivity contribution is -0.129. The molecule has 4 nitrogen and oxygen atoms in total. The third kappa shape index (κ3) is 2.49. The van der Waals surface area contributed by atoms with Crippen LogP contribution in [0.2, 0.25) is 0 Å². The van der Waals surface area contributed by atoms with Gasteiger partial charge < -0.3 is 9.80 Å². The van der Waals surface area contributed by atoms with Gasteiger partial charge in [0.05, 0.1) is 0 Å². The molecule has 0 saturated carbocycles.